The van der Waals surface area contributed by atoms with Gasteiger partial charge in [-0.3, -0.25) is 4.68 Å². The second kappa shape index (κ2) is 4.62. The fourth-order valence-corrected chi connectivity index (χ4v) is 4.66. The number of nitrogens with zero attached hydrogens (tertiary/aromatic N) is 2. The molecule has 3 heteroatoms. The Bertz CT molecular complexity index is 439. The monoisotopic (exact) mass is 260 g/mol. The highest BCUT2D eigenvalue weighted by molar-refractivity contribution is 5.09. The number of fused-ring (bicyclic) bond motifs is 1. The fourth-order valence-electron chi connectivity index (χ4n) is 4.66. The lowest BCUT2D eigenvalue weighted by Crippen LogP contribution is -2.17. The summed E-state index contributed by atoms with van der Waals surface area (Å²) in [5, 5.41) is 15.1. The van der Waals surface area contributed by atoms with E-state index in [1.807, 2.05) is 0 Å². The molecule has 3 saturated carbocycles. The Morgan fingerprint density at radius 3 is 2.63 bits per heavy atom. The first-order valence-electron chi connectivity index (χ1n) is 8.05. The van der Waals surface area contributed by atoms with Gasteiger partial charge >= 0.3 is 0 Å². The first-order chi connectivity index (χ1) is 9.33. The number of aliphatic hydroxyl groups is 1. The minimum absolute atomic E-state index is 0.151. The molecule has 4 rings (SSSR count). The zero-order valence-electron chi connectivity index (χ0n) is 11.5. The highest BCUT2D eigenvalue weighted by Gasteiger charge is 2.55. The second-order valence-electron chi connectivity index (χ2n) is 6.83. The van der Waals surface area contributed by atoms with E-state index in [0.29, 0.717) is 12.0 Å². The molecule has 19 heavy (non-hydrogen) atoms. The maximum atomic E-state index is 10.4. The van der Waals surface area contributed by atoms with Crippen molar-refractivity contribution in [2.75, 3.05) is 0 Å². The van der Waals surface area contributed by atoms with E-state index in [1.54, 1.807) is 0 Å². The normalized spacial score (nSPS) is 35.5. The van der Waals surface area contributed by atoms with Crippen LogP contribution in [0.2, 0.25) is 0 Å². The van der Waals surface area contributed by atoms with Crippen LogP contribution in [-0.2, 0) is 6.42 Å². The molecule has 1 aromatic rings. The third-order valence-electron chi connectivity index (χ3n) is 5.70. The maximum Gasteiger partial charge on any atom is 0.0650 e. The summed E-state index contributed by atoms with van der Waals surface area (Å²) in [6.45, 7) is 0. The number of aromatic nitrogens is 2. The Hall–Kier alpha value is -0.830. The quantitative estimate of drug-likeness (QED) is 0.904. The van der Waals surface area contributed by atoms with E-state index in [2.05, 4.69) is 16.9 Å². The Morgan fingerprint density at radius 2 is 1.89 bits per heavy atom. The van der Waals surface area contributed by atoms with Crippen LogP contribution in [0.5, 0.6) is 0 Å². The van der Waals surface area contributed by atoms with Crippen molar-refractivity contribution in [3.05, 3.63) is 18.0 Å². The van der Waals surface area contributed by atoms with Gasteiger partial charge in [-0.25, -0.2) is 0 Å². The second-order valence-corrected chi connectivity index (χ2v) is 6.83. The number of rotatable bonds is 4. The van der Waals surface area contributed by atoms with E-state index in [0.717, 1.165) is 24.0 Å². The zero-order chi connectivity index (χ0) is 12.8. The van der Waals surface area contributed by atoms with Crippen molar-refractivity contribution in [3.63, 3.8) is 0 Å². The SMILES string of the molecule is OC(Cc1ccn(C2CCCC2)n1)C1C2CCCC21. The third-order valence-corrected chi connectivity index (χ3v) is 5.70. The lowest BCUT2D eigenvalue weighted by Gasteiger charge is -2.12. The highest BCUT2D eigenvalue weighted by atomic mass is 16.3. The third kappa shape index (κ3) is 2.12. The first kappa shape index (κ1) is 12.0. The predicted molar refractivity (Wildman–Crippen MR) is 73.8 cm³/mol. The molecular weight excluding hydrogens is 236 g/mol. The predicted octanol–water partition coefficient (Wildman–Crippen LogP) is 2.95. The van der Waals surface area contributed by atoms with E-state index < -0.39 is 0 Å². The molecule has 0 radical (unpaired) electrons. The average molecular weight is 260 g/mol. The van der Waals surface area contributed by atoms with Gasteiger partial charge in [0, 0.05) is 12.6 Å². The minimum atomic E-state index is -0.151. The molecule has 104 valence electrons. The summed E-state index contributed by atoms with van der Waals surface area (Å²) < 4.78 is 2.14. The van der Waals surface area contributed by atoms with Crippen molar-refractivity contribution in [2.45, 2.75) is 63.5 Å². The lowest BCUT2D eigenvalue weighted by atomic mass is 10.0. The van der Waals surface area contributed by atoms with E-state index >= 15 is 0 Å². The van der Waals surface area contributed by atoms with Gasteiger partial charge in [-0.2, -0.15) is 5.10 Å². The van der Waals surface area contributed by atoms with Crippen LogP contribution in [0.25, 0.3) is 0 Å². The van der Waals surface area contributed by atoms with Gasteiger partial charge in [0.15, 0.2) is 0 Å². The molecule has 1 heterocycles. The number of aliphatic hydroxyl groups excluding tert-OH is 1. The van der Waals surface area contributed by atoms with Crippen molar-refractivity contribution >= 4 is 0 Å². The molecule has 0 spiro atoms. The van der Waals surface area contributed by atoms with Crippen LogP contribution in [0.15, 0.2) is 12.3 Å². The van der Waals surface area contributed by atoms with Crippen molar-refractivity contribution in [1.29, 1.82) is 0 Å². The van der Waals surface area contributed by atoms with Gasteiger partial charge in [0.25, 0.3) is 0 Å². The summed E-state index contributed by atoms with van der Waals surface area (Å²) in [6.07, 6.45) is 12.0. The van der Waals surface area contributed by atoms with E-state index in [9.17, 15) is 5.11 Å². The summed E-state index contributed by atoms with van der Waals surface area (Å²) in [5.41, 5.74) is 1.09. The Balaban J connectivity index is 1.37. The van der Waals surface area contributed by atoms with Crippen LogP contribution in [0.1, 0.15) is 56.7 Å². The highest BCUT2D eigenvalue weighted by Crippen LogP contribution is 2.59. The Morgan fingerprint density at radius 1 is 1.16 bits per heavy atom. The summed E-state index contributed by atoms with van der Waals surface area (Å²) in [5.74, 6) is 2.27. The molecule has 3 aliphatic rings. The van der Waals surface area contributed by atoms with Crippen molar-refractivity contribution in [2.24, 2.45) is 17.8 Å². The van der Waals surface area contributed by atoms with E-state index in [4.69, 9.17) is 5.10 Å². The van der Waals surface area contributed by atoms with Crippen molar-refractivity contribution < 1.29 is 5.11 Å². The maximum absolute atomic E-state index is 10.4. The first-order valence-corrected chi connectivity index (χ1v) is 8.05. The Labute approximate surface area is 115 Å². The molecule has 1 aromatic heterocycles. The fraction of sp³-hybridized carbons (Fsp3) is 0.812. The summed E-state index contributed by atoms with van der Waals surface area (Å²) in [6, 6.07) is 2.73. The molecule has 0 amide bonds. The molecule has 0 bridgehead atoms. The van der Waals surface area contributed by atoms with Crippen LogP contribution in [0.3, 0.4) is 0 Å². The molecule has 1 N–H and O–H groups in total. The molecular formula is C16H24N2O. The molecule has 3 atom stereocenters. The lowest BCUT2D eigenvalue weighted by molar-refractivity contribution is 0.134. The van der Waals surface area contributed by atoms with Crippen molar-refractivity contribution in [1.82, 2.24) is 9.78 Å². The van der Waals surface area contributed by atoms with Crippen LogP contribution < -0.4 is 0 Å². The molecule has 0 saturated heterocycles. The molecule has 3 nitrogen and oxygen atoms in total. The topological polar surface area (TPSA) is 38.0 Å². The van der Waals surface area contributed by atoms with Crippen LogP contribution in [-0.4, -0.2) is 21.0 Å². The molecule has 3 unspecified atom stereocenters. The van der Waals surface area contributed by atoms with Crippen molar-refractivity contribution in [3.8, 4) is 0 Å². The summed E-state index contributed by atoms with van der Waals surface area (Å²) in [4.78, 5) is 0. The Kier molecular flexibility index (Phi) is 2.91. The molecule has 0 aromatic carbocycles. The van der Waals surface area contributed by atoms with Crippen LogP contribution in [0.4, 0.5) is 0 Å². The molecule has 3 fully saturated rings. The van der Waals surface area contributed by atoms with Gasteiger partial charge in [-0.05, 0) is 49.5 Å². The number of hydrogen-bond donors (Lipinski definition) is 1. The van der Waals surface area contributed by atoms with Gasteiger partial charge in [0.05, 0.1) is 17.8 Å². The summed E-state index contributed by atoms with van der Waals surface area (Å²) >= 11 is 0. The smallest absolute Gasteiger partial charge is 0.0650 e. The standard InChI is InChI=1S/C16H24N2O/c19-15(16-13-6-3-7-14(13)16)10-11-8-9-18(17-11)12-4-1-2-5-12/h8-9,12-16,19H,1-7,10H2. The zero-order valence-corrected chi connectivity index (χ0v) is 11.5. The summed E-state index contributed by atoms with van der Waals surface area (Å²) in [7, 11) is 0. The van der Waals surface area contributed by atoms with Crippen LogP contribution >= 0.6 is 0 Å². The van der Waals surface area contributed by atoms with Gasteiger partial charge in [0.1, 0.15) is 0 Å². The van der Waals surface area contributed by atoms with E-state index in [1.165, 1.54) is 44.9 Å². The average Bonchev–Trinajstić information content (AvgIpc) is 2.95. The van der Waals surface area contributed by atoms with Crippen LogP contribution in [0, 0.1) is 17.8 Å². The van der Waals surface area contributed by atoms with Gasteiger partial charge in [-0.1, -0.05) is 19.3 Å². The molecule has 3 aliphatic carbocycles. The minimum Gasteiger partial charge on any atom is -0.392 e. The largest absolute Gasteiger partial charge is 0.392 e. The van der Waals surface area contributed by atoms with Gasteiger partial charge < -0.3 is 5.11 Å². The number of hydrogen-bond acceptors (Lipinski definition) is 2. The van der Waals surface area contributed by atoms with E-state index in [-0.39, 0.29) is 6.10 Å². The van der Waals surface area contributed by atoms with Gasteiger partial charge in [-0.15, -0.1) is 0 Å². The van der Waals surface area contributed by atoms with Gasteiger partial charge in [0.2, 0.25) is 0 Å². The molecule has 0 aliphatic heterocycles.